The molecule has 2 rings (SSSR count). The molecule has 1 aromatic rings. The van der Waals surface area contributed by atoms with Gasteiger partial charge in [-0.3, -0.25) is 9.69 Å². The Labute approximate surface area is 106 Å². The van der Waals surface area contributed by atoms with E-state index in [1.165, 1.54) is 0 Å². The summed E-state index contributed by atoms with van der Waals surface area (Å²) in [7, 11) is 0. The second kappa shape index (κ2) is 5.07. The molecule has 1 heterocycles. The van der Waals surface area contributed by atoms with Crippen LogP contribution in [0.15, 0.2) is 18.2 Å². The number of carboxylic acids is 1. The van der Waals surface area contributed by atoms with Crippen LogP contribution in [0.25, 0.3) is 0 Å². The van der Waals surface area contributed by atoms with Crippen LogP contribution in [0.5, 0.6) is 0 Å². The molecule has 0 aliphatic carbocycles. The summed E-state index contributed by atoms with van der Waals surface area (Å²) in [4.78, 5) is 13.0. The van der Waals surface area contributed by atoms with E-state index in [9.17, 15) is 4.79 Å². The van der Waals surface area contributed by atoms with Crippen molar-refractivity contribution in [3.05, 3.63) is 34.3 Å². The number of carbonyl (C=O) groups is 1. The lowest BCUT2D eigenvalue weighted by atomic mass is 10.1. The Morgan fingerprint density at radius 2 is 2.35 bits per heavy atom. The monoisotopic (exact) mass is 253 g/mol. The highest BCUT2D eigenvalue weighted by Crippen LogP contribution is 2.23. The van der Waals surface area contributed by atoms with E-state index in [-0.39, 0.29) is 5.92 Å². The van der Waals surface area contributed by atoms with Gasteiger partial charge in [0.2, 0.25) is 0 Å². The number of carboxylic acid groups (broad SMARTS) is 1. The summed E-state index contributed by atoms with van der Waals surface area (Å²) in [5, 5.41) is 9.70. The average molecular weight is 254 g/mol. The summed E-state index contributed by atoms with van der Waals surface area (Å²) in [6.07, 6.45) is 0.735. The molecule has 4 heteroatoms. The van der Waals surface area contributed by atoms with Crippen molar-refractivity contribution in [1.82, 2.24) is 4.90 Å². The van der Waals surface area contributed by atoms with Crippen LogP contribution in [-0.2, 0) is 11.3 Å². The molecule has 0 radical (unpaired) electrons. The minimum absolute atomic E-state index is 0.223. The molecule has 0 amide bonds. The van der Waals surface area contributed by atoms with E-state index in [1.807, 2.05) is 25.1 Å². The molecular weight excluding hydrogens is 238 g/mol. The highest BCUT2D eigenvalue weighted by atomic mass is 35.5. The van der Waals surface area contributed by atoms with Gasteiger partial charge in [0.15, 0.2) is 0 Å². The van der Waals surface area contributed by atoms with Gasteiger partial charge in [-0.2, -0.15) is 0 Å². The van der Waals surface area contributed by atoms with Crippen molar-refractivity contribution < 1.29 is 9.90 Å². The van der Waals surface area contributed by atoms with Gasteiger partial charge in [-0.25, -0.2) is 0 Å². The molecule has 1 N–H and O–H groups in total. The molecule has 1 saturated heterocycles. The minimum atomic E-state index is -0.692. The molecule has 17 heavy (non-hydrogen) atoms. The van der Waals surface area contributed by atoms with E-state index in [1.54, 1.807) is 0 Å². The molecule has 1 aliphatic rings. The summed E-state index contributed by atoms with van der Waals surface area (Å²) >= 11 is 6.16. The van der Waals surface area contributed by atoms with E-state index in [4.69, 9.17) is 16.7 Å². The van der Waals surface area contributed by atoms with Crippen molar-refractivity contribution in [2.24, 2.45) is 5.92 Å². The molecule has 1 fully saturated rings. The molecule has 0 bridgehead atoms. The second-order valence-electron chi connectivity index (χ2n) is 4.65. The third-order valence-corrected chi connectivity index (χ3v) is 3.58. The lowest BCUT2D eigenvalue weighted by molar-refractivity contribution is -0.141. The standard InChI is InChI=1S/C13H16ClNO2/c1-9-2-3-10(12(14)6-9)7-15-5-4-11(8-15)13(16)17/h2-3,6,11H,4-5,7-8H2,1H3,(H,16,17). The van der Waals surface area contributed by atoms with Gasteiger partial charge in [0.25, 0.3) is 0 Å². The first-order valence-corrected chi connectivity index (χ1v) is 6.14. The molecule has 3 nitrogen and oxygen atoms in total. The van der Waals surface area contributed by atoms with Gasteiger partial charge in [-0.1, -0.05) is 23.7 Å². The number of aliphatic carboxylic acids is 1. The van der Waals surface area contributed by atoms with Crippen LogP contribution in [0, 0.1) is 12.8 Å². The van der Waals surface area contributed by atoms with Crippen molar-refractivity contribution in [2.75, 3.05) is 13.1 Å². The van der Waals surface area contributed by atoms with Crippen molar-refractivity contribution in [3.8, 4) is 0 Å². The maximum atomic E-state index is 10.9. The van der Waals surface area contributed by atoms with Crippen LogP contribution in [0.2, 0.25) is 5.02 Å². The predicted octanol–water partition coefficient (Wildman–Crippen LogP) is 2.55. The molecule has 0 saturated carbocycles. The SMILES string of the molecule is Cc1ccc(CN2CCC(C(=O)O)C2)c(Cl)c1. The molecule has 1 unspecified atom stereocenters. The summed E-state index contributed by atoms with van der Waals surface area (Å²) in [5.41, 5.74) is 2.21. The van der Waals surface area contributed by atoms with Crippen molar-refractivity contribution in [1.29, 1.82) is 0 Å². The largest absolute Gasteiger partial charge is 0.481 e. The summed E-state index contributed by atoms with van der Waals surface area (Å²) in [6.45, 7) is 4.20. The zero-order valence-electron chi connectivity index (χ0n) is 9.82. The van der Waals surface area contributed by atoms with Crippen LogP contribution in [0.1, 0.15) is 17.5 Å². The van der Waals surface area contributed by atoms with Crippen LogP contribution in [0.3, 0.4) is 0 Å². The Morgan fingerprint density at radius 1 is 1.59 bits per heavy atom. The first-order chi connectivity index (χ1) is 8.06. The van der Waals surface area contributed by atoms with Gasteiger partial charge in [0, 0.05) is 18.1 Å². The van der Waals surface area contributed by atoms with Crippen molar-refractivity contribution >= 4 is 17.6 Å². The smallest absolute Gasteiger partial charge is 0.307 e. The lowest BCUT2D eigenvalue weighted by Gasteiger charge is -2.16. The van der Waals surface area contributed by atoms with Crippen LogP contribution in [-0.4, -0.2) is 29.1 Å². The summed E-state index contributed by atoms with van der Waals surface area (Å²) < 4.78 is 0. The second-order valence-corrected chi connectivity index (χ2v) is 5.06. The van der Waals surface area contributed by atoms with Gasteiger partial charge >= 0.3 is 5.97 Å². The van der Waals surface area contributed by atoms with Crippen molar-refractivity contribution in [2.45, 2.75) is 19.9 Å². The Balaban J connectivity index is 2.00. The minimum Gasteiger partial charge on any atom is -0.481 e. The molecule has 1 aliphatic heterocycles. The van der Waals surface area contributed by atoms with Gasteiger partial charge in [0.1, 0.15) is 0 Å². The Kier molecular flexibility index (Phi) is 3.69. The quantitative estimate of drug-likeness (QED) is 0.900. The topological polar surface area (TPSA) is 40.5 Å². The number of halogens is 1. The van der Waals surface area contributed by atoms with Gasteiger partial charge in [-0.05, 0) is 37.1 Å². The Hall–Kier alpha value is -1.06. The zero-order chi connectivity index (χ0) is 12.4. The number of rotatable bonds is 3. The van der Waals surface area contributed by atoms with E-state index in [0.29, 0.717) is 6.54 Å². The number of likely N-dealkylation sites (tertiary alicyclic amines) is 1. The van der Waals surface area contributed by atoms with E-state index >= 15 is 0 Å². The normalized spacial score (nSPS) is 20.7. The highest BCUT2D eigenvalue weighted by Gasteiger charge is 2.27. The van der Waals surface area contributed by atoms with E-state index < -0.39 is 5.97 Å². The summed E-state index contributed by atoms with van der Waals surface area (Å²) in [5.74, 6) is -0.915. The molecule has 0 aromatic heterocycles. The lowest BCUT2D eigenvalue weighted by Crippen LogP contribution is -2.22. The Bertz CT molecular complexity index is 433. The molecule has 1 aromatic carbocycles. The average Bonchev–Trinajstić information content (AvgIpc) is 2.71. The van der Waals surface area contributed by atoms with Crippen molar-refractivity contribution in [3.63, 3.8) is 0 Å². The van der Waals surface area contributed by atoms with Crippen LogP contribution < -0.4 is 0 Å². The maximum absolute atomic E-state index is 10.9. The fraction of sp³-hybridized carbons (Fsp3) is 0.462. The number of benzene rings is 1. The zero-order valence-corrected chi connectivity index (χ0v) is 10.6. The fourth-order valence-corrected chi connectivity index (χ4v) is 2.49. The third-order valence-electron chi connectivity index (χ3n) is 3.22. The fourth-order valence-electron chi connectivity index (χ4n) is 2.20. The van der Waals surface area contributed by atoms with Crippen LogP contribution in [0.4, 0.5) is 0 Å². The van der Waals surface area contributed by atoms with Gasteiger partial charge in [0.05, 0.1) is 5.92 Å². The Morgan fingerprint density at radius 3 is 2.94 bits per heavy atom. The molecule has 92 valence electrons. The highest BCUT2D eigenvalue weighted by molar-refractivity contribution is 6.31. The number of hydrogen-bond acceptors (Lipinski definition) is 2. The molecule has 0 spiro atoms. The third kappa shape index (κ3) is 2.99. The number of nitrogens with zero attached hydrogens (tertiary/aromatic N) is 1. The summed E-state index contributed by atoms with van der Waals surface area (Å²) in [6, 6.07) is 6.00. The van der Waals surface area contributed by atoms with E-state index in [0.717, 1.165) is 35.7 Å². The molecule has 1 atom stereocenters. The molecular formula is C13H16ClNO2. The number of aryl methyl sites for hydroxylation is 1. The number of hydrogen-bond donors (Lipinski definition) is 1. The van der Waals surface area contributed by atoms with Gasteiger partial charge in [-0.15, -0.1) is 0 Å². The predicted molar refractivity (Wildman–Crippen MR) is 67.2 cm³/mol. The first-order valence-electron chi connectivity index (χ1n) is 5.76. The maximum Gasteiger partial charge on any atom is 0.307 e. The van der Waals surface area contributed by atoms with Crippen LogP contribution >= 0.6 is 11.6 Å². The first kappa shape index (κ1) is 12.4. The van der Waals surface area contributed by atoms with E-state index in [2.05, 4.69) is 4.90 Å². The van der Waals surface area contributed by atoms with Gasteiger partial charge < -0.3 is 5.11 Å².